The molecule has 1 aromatic heterocycles. The van der Waals surface area contributed by atoms with Gasteiger partial charge in [-0.3, -0.25) is 14.6 Å². The lowest BCUT2D eigenvalue weighted by Gasteiger charge is -2.37. The predicted octanol–water partition coefficient (Wildman–Crippen LogP) is 4.70. The van der Waals surface area contributed by atoms with Crippen molar-refractivity contribution in [2.24, 2.45) is 0 Å². The maximum absolute atomic E-state index is 13.5. The molecule has 5 heteroatoms. The number of likely N-dealkylation sites (tertiary alicyclic amines) is 2. The number of rotatable bonds is 4. The Labute approximate surface area is 191 Å². The number of benzene rings is 1. The summed E-state index contributed by atoms with van der Waals surface area (Å²) in [5, 5.41) is 0. The third-order valence-electron chi connectivity index (χ3n) is 7.11. The zero-order valence-corrected chi connectivity index (χ0v) is 19.6. The van der Waals surface area contributed by atoms with Gasteiger partial charge in [-0.1, -0.05) is 29.8 Å². The van der Waals surface area contributed by atoms with Gasteiger partial charge >= 0.3 is 0 Å². The third kappa shape index (κ3) is 4.72. The van der Waals surface area contributed by atoms with Crippen LogP contribution in [0, 0.1) is 6.92 Å². The number of piperidine rings is 2. The van der Waals surface area contributed by atoms with E-state index >= 15 is 0 Å². The van der Waals surface area contributed by atoms with Crippen LogP contribution < -0.4 is 0 Å². The topological polar surface area (TPSA) is 53.5 Å². The van der Waals surface area contributed by atoms with Crippen LogP contribution in [0.25, 0.3) is 0 Å². The van der Waals surface area contributed by atoms with E-state index in [0.29, 0.717) is 12.1 Å². The normalized spacial score (nSPS) is 19.7. The molecule has 0 aliphatic carbocycles. The van der Waals surface area contributed by atoms with E-state index in [2.05, 4.69) is 36.2 Å². The van der Waals surface area contributed by atoms with Crippen molar-refractivity contribution < 1.29 is 9.59 Å². The van der Waals surface area contributed by atoms with Crippen LogP contribution in [0.4, 0.5) is 0 Å². The van der Waals surface area contributed by atoms with Gasteiger partial charge in [0.2, 0.25) is 5.91 Å². The summed E-state index contributed by atoms with van der Waals surface area (Å²) < 4.78 is 0. The van der Waals surface area contributed by atoms with Crippen molar-refractivity contribution >= 4 is 11.8 Å². The van der Waals surface area contributed by atoms with E-state index in [0.717, 1.165) is 56.6 Å². The minimum absolute atomic E-state index is 0.0871. The highest BCUT2D eigenvalue weighted by Crippen LogP contribution is 2.31. The third-order valence-corrected chi connectivity index (χ3v) is 7.11. The quantitative estimate of drug-likeness (QED) is 0.702. The van der Waals surface area contributed by atoms with Gasteiger partial charge < -0.3 is 9.80 Å². The summed E-state index contributed by atoms with van der Waals surface area (Å²) in [5.74, 6) is 0.465. The number of carbonyl (C=O) groups excluding carboxylic acids is 2. The number of pyridine rings is 1. The maximum atomic E-state index is 13.5. The van der Waals surface area contributed by atoms with Gasteiger partial charge in [0.05, 0.1) is 11.0 Å². The molecule has 1 aromatic carbocycles. The molecular weight excluding hydrogens is 398 g/mol. The van der Waals surface area contributed by atoms with Crippen LogP contribution in [0.2, 0.25) is 0 Å². The van der Waals surface area contributed by atoms with Gasteiger partial charge in [0.15, 0.2) is 0 Å². The molecule has 0 N–H and O–H groups in total. The highest BCUT2D eigenvalue weighted by Gasteiger charge is 2.36. The molecule has 0 unspecified atom stereocenters. The van der Waals surface area contributed by atoms with Crippen molar-refractivity contribution in [1.29, 1.82) is 0 Å². The van der Waals surface area contributed by atoms with Crippen molar-refractivity contribution in [2.45, 2.75) is 64.2 Å². The Bertz CT molecular complexity index is 944. The van der Waals surface area contributed by atoms with Crippen molar-refractivity contribution in [2.75, 3.05) is 26.2 Å². The van der Waals surface area contributed by atoms with E-state index < -0.39 is 5.41 Å². The van der Waals surface area contributed by atoms with Crippen molar-refractivity contribution in [3.8, 4) is 0 Å². The fourth-order valence-corrected chi connectivity index (χ4v) is 4.94. The van der Waals surface area contributed by atoms with E-state index in [9.17, 15) is 9.59 Å². The lowest BCUT2D eigenvalue weighted by atomic mass is 9.81. The molecule has 32 heavy (non-hydrogen) atoms. The molecule has 4 rings (SSSR count). The fourth-order valence-electron chi connectivity index (χ4n) is 4.94. The average molecular weight is 434 g/mol. The van der Waals surface area contributed by atoms with Crippen LogP contribution in [-0.2, 0) is 10.2 Å². The van der Waals surface area contributed by atoms with Gasteiger partial charge in [0.1, 0.15) is 0 Å². The molecule has 0 bridgehead atoms. The SMILES string of the molecule is Cc1ccc(C(C)(C)C(=O)N2CCC[C@@H](c3ccc(C(=O)N4CCCCC4)cn3)C2)cc1. The van der Waals surface area contributed by atoms with Gasteiger partial charge in [-0.25, -0.2) is 0 Å². The van der Waals surface area contributed by atoms with E-state index in [4.69, 9.17) is 0 Å². The number of carbonyl (C=O) groups is 2. The van der Waals surface area contributed by atoms with Gasteiger partial charge in [-0.15, -0.1) is 0 Å². The zero-order chi connectivity index (χ0) is 22.7. The summed E-state index contributed by atoms with van der Waals surface area (Å²) in [6.07, 6.45) is 7.09. The first-order valence-electron chi connectivity index (χ1n) is 12.0. The summed E-state index contributed by atoms with van der Waals surface area (Å²) in [5.41, 5.74) is 3.33. The number of nitrogens with zero attached hydrogens (tertiary/aromatic N) is 3. The highest BCUT2D eigenvalue weighted by atomic mass is 16.2. The number of hydrogen-bond donors (Lipinski definition) is 0. The molecule has 2 saturated heterocycles. The number of aryl methyl sites for hydroxylation is 1. The van der Waals surface area contributed by atoms with Crippen LogP contribution in [0.3, 0.4) is 0 Å². The van der Waals surface area contributed by atoms with E-state index in [1.54, 1.807) is 6.20 Å². The molecule has 2 aliphatic heterocycles. The smallest absolute Gasteiger partial charge is 0.255 e. The zero-order valence-electron chi connectivity index (χ0n) is 19.6. The predicted molar refractivity (Wildman–Crippen MR) is 127 cm³/mol. The first kappa shape index (κ1) is 22.5. The van der Waals surface area contributed by atoms with Gasteiger partial charge in [-0.05, 0) is 70.6 Å². The standard InChI is InChI=1S/C27H35N3O2/c1-20-9-12-23(13-10-20)27(2,3)26(32)30-17-7-8-22(19-30)24-14-11-21(18-28-24)25(31)29-15-5-4-6-16-29/h9-14,18,22H,4-8,15-17,19H2,1-3H3/t22-/m1/s1. The largest absolute Gasteiger partial charge is 0.341 e. The van der Waals surface area contributed by atoms with Crippen molar-refractivity contribution in [1.82, 2.24) is 14.8 Å². The molecule has 170 valence electrons. The molecule has 0 saturated carbocycles. The molecule has 0 spiro atoms. The highest BCUT2D eigenvalue weighted by molar-refractivity contribution is 5.94. The number of aromatic nitrogens is 1. The summed E-state index contributed by atoms with van der Waals surface area (Å²) >= 11 is 0. The van der Waals surface area contributed by atoms with E-state index in [1.165, 1.54) is 12.0 Å². The summed E-state index contributed by atoms with van der Waals surface area (Å²) in [6.45, 7) is 9.25. The molecule has 2 fully saturated rings. The second-order valence-corrected chi connectivity index (χ2v) is 9.91. The number of amides is 2. The first-order valence-corrected chi connectivity index (χ1v) is 12.0. The minimum Gasteiger partial charge on any atom is -0.341 e. The van der Waals surface area contributed by atoms with Crippen LogP contribution >= 0.6 is 0 Å². The van der Waals surface area contributed by atoms with E-state index in [1.807, 2.05) is 35.8 Å². The monoisotopic (exact) mass is 433 g/mol. The van der Waals surface area contributed by atoms with Gasteiger partial charge in [0.25, 0.3) is 5.91 Å². The van der Waals surface area contributed by atoms with Crippen molar-refractivity contribution in [3.63, 3.8) is 0 Å². The Balaban J connectivity index is 1.43. The lowest BCUT2D eigenvalue weighted by Crippen LogP contribution is -2.47. The Morgan fingerprint density at radius 1 is 0.906 bits per heavy atom. The summed E-state index contributed by atoms with van der Waals surface area (Å²) in [7, 11) is 0. The molecule has 3 heterocycles. The van der Waals surface area contributed by atoms with Gasteiger partial charge in [0, 0.05) is 44.0 Å². The Hall–Kier alpha value is -2.69. The Morgan fingerprint density at radius 3 is 2.25 bits per heavy atom. The van der Waals surface area contributed by atoms with Crippen LogP contribution in [0.1, 0.15) is 79.0 Å². The molecule has 1 atom stereocenters. The summed E-state index contributed by atoms with van der Waals surface area (Å²) in [6, 6.07) is 12.2. The molecule has 2 aliphatic rings. The summed E-state index contributed by atoms with van der Waals surface area (Å²) in [4.78, 5) is 34.8. The minimum atomic E-state index is -0.562. The fraction of sp³-hybridized carbons (Fsp3) is 0.519. The Kier molecular flexibility index (Phi) is 6.63. The average Bonchev–Trinajstić information content (AvgIpc) is 2.84. The second kappa shape index (κ2) is 9.43. The Morgan fingerprint density at radius 2 is 1.59 bits per heavy atom. The molecule has 0 radical (unpaired) electrons. The first-order chi connectivity index (χ1) is 15.4. The maximum Gasteiger partial charge on any atom is 0.255 e. The molecule has 2 amide bonds. The molecular formula is C27H35N3O2. The van der Waals surface area contributed by atoms with Crippen LogP contribution in [0.15, 0.2) is 42.6 Å². The molecule has 5 nitrogen and oxygen atoms in total. The van der Waals surface area contributed by atoms with Crippen LogP contribution in [-0.4, -0.2) is 52.8 Å². The van der Waals surface area contributed by atoms with Gasteiger partial charge in [-0.2, -0.15) is 0 Å². The lowest BCUT2D eigenvalue weighted by molar-refractivity contribution is -0.137. The molecule has 2 aromatic rings. The van der Waals surface area contributed by atoms with Crippen LogP contribution in [0.5, 0.6) is 0 Å². The van der Waals surface area contributed by atoms with E-state index in [-0.39, 0.29) is 17.7 Å². The number of hydrogen-bond acceptors (Lipinski definition) is 3. The second-order valence-electron chi connectivity index (χ2n) is 9.91. The van der Waals surface area contributed by atoms with Crippen molar-refractivity contribution in [3.05, 3.63) is 65.0 Å².